The minimum absolute atomic E-state index is 0.176. The lowest BCUT2D eigenvalue weighted by Gasteiger charge is -2.19. The second kappa shape index (κ2) is 6.74. The van der Waals surface area contributed by atoms with Gasteiger partial charge in [-0.25, -0.2) is 0 Å². The van der Waals surface area contributed by atoms with Gasteiger partial charge in [0.1, 0.15) is 0 Å². The summed E-state index contributed by atoms with van der Waals surface area (Å²) in [7, 11) is 0. The van der Waals surface area contributed by atoms with E-state index in [1.165, 1.54) is 12.1 Å². The summed E-state index contributed by atoms with van der Waals surface area (Å²) >= 11 is 0. The molecule has 0 radical (unpaired) electrons. The Morgan fingerprint density at radius 2 is 1.80 bits per heavy atom. The summed E-state index contributed by atoms with van der Waals surface area (Å²) in [6.07, 6.45) is -3.67. The van der Waals surface area contributed by atoms with Gasteiger partial charge in [0.25, 0.3) is 5.91 Å². The molecule has 1 amide bonds. The van der Waals surface area contributed by atoms with Gasteiger partial charge in [-0.05, 0) is 36.6 Å². The van der Waals surface area contributed by atoms with Crippen LogP contribution in [-0.4, -0.2) is 18.5 Å². The van der Waals surface area contributed by atoms with Gasteiger partial charge >= 0.3 is 6.18 Å². The van der Waals surface area contributed by atoms with Crippen LogP contribution in [0.3, 0.4) is 0 Å². The van der Waals surface area contributed by atoms with Gasteiger partial charge < -0.3 is 11.1 Å². The Morgan fingerprint density at radius 3 is 2.20 bits per heavy atom. The highest BCUT2D eigenvalue weighted by Gasteiger charge is 2.30. The number of amides is 1. The lowest BCUT2D eigenvalue weighted by Crippen LogP contribution is -2.41. The van der Waals surface area contributed by atoms with E-state index in [9.17, 15) is 18.0 Å². The second-order valence-corrected chi connectivity index (χ2v) is 5.11. The molecule has 0 aliphatic carbocycles. The number of nitrogens with two attached hydrogens (primary N) is 1. The van der Waals surface area contributed by atoms with Crippen LogP contribution in [0.1, 0.15) is 36.2 Å². The monoisotopic (exact) mass is 288 g/mol. The fourth-order valence-corrected chi connectivity index (χ4v) is 1.86. The molecule has 0 saturated heterocycles. The Bertz CT molecular complexity index is 441. The van der Waals surface area contributed by atoms with Crippen LogP contribution in [0.5, 0.6) is 0 Å². The van der Waals surface area contributed by atoms with Crippen LogP contribution in [0.2, 0.25) is 0 Å². The largest absolute Gasteiger partial charge is 0.416 e. The van der Waals surface area contributed by atoms with Crippen LogP contribution >= 0.6 is 0 Å². The summed E-state index contributed by atoms with van der Waals surface area (Å²) < 4.78 is 37.2. The van der Waals surface area contributed by atoms with E-state index in [1.807, 2.05) is 13.8 Å². The SMILES string of the molecule is CC(C)CC(CN)NC(=O)c1ccc(C(F)(F)F)cc1. The molecule has 0 aliphatic rings. The van der Waals surface area contributed by atoms with E-state index in [0.717, 1.165) is 18.6 Å². The first-order valence-corrected chi connectivity index (χ1v) is 6.42. The van der Waals surface area contributed by atoms with Crippen molar-refractivity contribution in [2.75, 3.05) is 6.54 Å². The maximum absolute atomic E-state index is 12.4. The van der Waals surface area contributed by atoms with Gasteiger partial charge in [-0.3, -0.25) is 4.79 Å². The molecule has 3 N–H and O–H groups in total. The fraction of sp³-hybridized carbons (Fsp3) is 0.500. The summed E-state index contributed by atoms with van der Waals surface area (Å²) in [4.78, 5) is 11.9. The summed E-state index contributed by atoms with van der Waals surface area (Å²) in [6.45, 7) is 4.31. The first-order valence-electron chi connectivity index (χ1n) is 6.42. The highest BCUT2D eigenvalue weighted by Crippen LogP contribution is 2.29. The van der Waals surface area contributed by atoms with E-state index >= 15 is 0 Å². The molecule has 1 unspecified atom stereocenters. The van der Waals surface area contributed by atoms with E-state index < -0.39 is 17.6 Å². The van der Waals surface area contributed by atoms with Crippen molar-refractivity contribution < 1.29 is 18.0 Å². The molecule has 0 bridgehead atoms. The molecule has 1 rings (SSSR count). The third-order valence-corrected chi connectivity index (χ3v) is 2.85. The van der Waals surface area contributed by atoms with Crippen LogP contribution in [-0.2, 0) is 6.18 Å². The predicted octanol–water partition coefficient (Wildman–Crippen LogP) is 2.81. The van der Waals surface area contributed by atoms with Crippen molar-refractivity contribution in [3.8, 4) is 0 Å². The van der Waals surface area contributed by atoms with Crippen LogP contribution in [0.4, 0.5) is 13.2 Å². The van der Waals surface area contributed by atoms with Crippen molar-refractivity contribution in [3.05, 3.63) is 35.4 Å². The van der Waals surface area contributed by atoms with Gasteiger partial charge in [0, 0.05) is 18.2 Å². The average molecular weight is 288 g/mol. The van der Waals surface area contributed by atoms with Gasteiger partial charge in [0.2, 0.25) is 0 Å². The number of rotatable bonds is 5. The first kappa shape index (κ1) is 16.5. The van der Waals surface area contributed by atoms with Crippen LogP contribution in [0.15, 0.2) is 24.3 Å². The molecule has 0 fully saturated rings. The van der Waals surface area contributed by atoms with E-state index in [4.69, 9.17) is 5.73 Å². The van der Waals surface area contributed by atoms with E-state index in [2.05, 4.69) is 5.32 Å². The van der Waals surface area contributed by atoms with Crippen LogP contribution in [0.25, 0.3) is 0 Å². The molecule has 0 saturated carbocycles. The third kappa shape index (κ3) is 4.85. The molecular weight excluding hydrogens is 269 g/mol. The van der Waals surface area contributed by atoms with Crippen molar-refractivity contribution in [2.45, 2.75) is 32.5 Å². The Morgan fingerprint density at radius 1 is 1.25 bits per heavy atom. The lowest BCUT2D eigenvalue weighted by molar-refractivity contribution is -0.137. The average Bonchev–Trinajstić information content (AvgIpc) is 2.36. The number of alkyl halides is 3. The first-order chi connectivity index (χ1) is 9.24. The summed E-state index contributed by atoms with van der Waals surface area (Å²) in [5.74, 6) is -0.0359. The fourth-order valence-electron chi connectivity index (χ4n) is 1.86. The Kier molecular flexibility index (Phi) is 5.56. The van der Waals surface area contributed by atoms with E-state index in [1.54, 1.807) is 0 Å². The van der Waals surface area contributed by atoms with Gasteiger partial charge in [0.15, 0.2) is 0 Å². The number of hydrogen-bond acceptors (Lipinski definition) is 2. The number of hydrogen-bond donors (Lipinski definition) is 2. The van der Waals surface area contributed by atoms with Crippen molar-refractivity contribution in [1.82, 2.24) is 5.32 Å². The van der Waals surface area contributed by atoms with Gasteiger partial charge in [-0.15, -0.1) is 0 Å². The quantitative estimate of drug-likeness (QED) is 0.875. The molecule has 3 nitrogen and oxygen atoms in total. The van der Waals surface area contributed by atoms with Gasteiger partial charge in [-0.1, -0.05) is 13.8 Å². The Labute approximate surface area is 116 Å². The normalized spacial score (nSPS) is 13.3. The van der Waals surface area contributed by atoms with Crippen LogP contribution < -0.4 is 11.1 Å². The number of halogens is 3. The maximum Gasteiger partial charge on any atom is 0.416 e. The van der Waals surface area contributed by atoms with E-state index in [-0.39, 0.29) is 11.6 Å². The van der Waals surface area contributed by atoms with Gasteiger partial charge in [0.05, 0.1) is 5.56 Å². The Hall–Kier alpha value is -1.56. The van der Waals surface area contributed by atoms with E-state index in [0.29, 0.717) is 12.5 Å². The molecule has 6 heteroatoms. The zero-order valence-electron chi connectivity index (χ0n) is 11.5. The molecule has 1 aromatic carbocycles. The molecular formula is C14H19F3N2O. The predicted molar refractivity (Wildman–Crippen MR) is 71.2 cm³/mol. The summed E-state index contributed by atoms with van der Waals surface area (Å²) in [5, 5.41) is 2.73. The van der Waals surface area contributed by atoms with Crippen molar-refractivity contribution >= 4 is 5.91 Å². The van der Waals surface area contributed by atoms with Crippen LogP contribution in [0, 0.1) is 5.92 Å². The number of benzene rings is 1. The topological polar surface area (TPSA) is 55.1 Å². The zero-order valence-corrected chi connectivity index (χ0v) is 11.5. The van der Waals surface area contributed by atoms with Crippen molar-refractivity contribution in [3.63, 3.8) is 0 Å². The second-order valence-electron chi connectivity index (χ2n) is 5.11. The number of carbonyl (C=O) groups excluding carboxylic acids is 1. The molecule has 1 aromatic rings. The molecule has 0 spiro atoms. The molecule has 20 heavy (non-hydrogen) atoms. The molecule has 0 aromatic heterocycles. The minimum atomic E-state index is -4.40. The van der Waals surface area contributed by atoms with Gasteiger partial charge in [-0.2, -0.15) is 13.2 Å². The molecule has 112 valence electrons. The summed E-state index contributed by atoms with van der Waals surface area (Å²) in [5.41, 5.74) is 4.99. The minimum Gasteiger partial charge on any atom is -0.348 e. The maximum atomic E-state index is 12.4. The highest BCUT2D eigenvalue weighted by atomic mass is 19.4. The lowest BCUT2D eigenvalue weighted by atomic mass is 10.0. The highest BCUT2D eigenvalue weighted by molar-refractivity contribution is 5.94. The van der Waals surface area contributed by atoms with Crippen molar-refractivity contribution in [1.29, 1.82) is 0 Å². The summed E-state index contributed by atoms with van der Waals surface area (Å²) in [6, 6.07) is 3.95. The Balaban J connectivity index is 2.72. The molecule has 0 heterocycles. The number of carbonyl (C=O) groups is 1. The number of nitrogens with one attached hydrogen (secondary N) is 1. The van der Waals surface area contributed by atoms with Crippen molar-refractivity contribution in [2.24, 2.45) is 11.7 Å². The smallest absolute Gasteiger partial charge is 0.348 e. The third-order valence-electron chi connectivity index (χ3n) is 2.85. The molecule has 1 atom stereocenters. The zero-order chi connectivity index (χ0) is 15.3. The molecule has 0 aliphatic heterocycles. The standard InChI is InChI=1S/C14H19F3N2O/c1-9(2)7-12(8-18)19-13(20)10-3-5-11(6-4-10)14(15,16)17/h3-6,9,12H,7-8,18H2,1-2H3,(H,19,20).